The maximum absolute atomic E-state index is 13.5. The van der Waals surface area contributed by atoms with Crippen LogP contribution in [-0.2, 0) is 40.1 Å². The molecule has 1 aromatic heterocycles. The van der Waals surface area contributed by atoms with Gasteiger partial charge in [-0.2, -0.15) is 0 Å². The molecule has 14 heteroatoms. The van der Waals surface area contributed by atoms with Crippen LogP contribution in [-0.4, -0.2) is 74.5 Å². The molecule has 2 N–H and O–H groups in total. The fourth-order valence-corrected chi connectivity index (χ4v) is 6.08. The summed E-state index contributed by atoms with van der Waals surface area (Å²) in [5, 5.41) is 6.65. The highest BCUT2D eigenvalue weighted by atomic mass is 16.7. The van der Waals surface area contributed by atoms with Crippen LogP contribution < -0.4 is 15.4 Å². The van der Waals surface area contributed by atoms with E-state index in [4.69, 9.17) is 18.7 Å². The van der Waals surface area contributed by atoms with Crippen molar-refractivity contribution in [2.24, 2.45) is 11.8 Å². The van der Waals surface area contributed by atoms with Gasteiger partial charge in [-0.3, -0.25) is 33.6 Å². The maximum atomic E-state index is 13.5. The molecule has 0 unspecified atom stereocenters. The second-order valence-corrected chi connectivity index (χ2v) is 12.8. The minimum atomic E-state index is -0.869. The van der Waals surface area contributed by atoms with Crippen molar-refractivity contribution in [3.63, 3.8) is 0 Å². The highest BCUT2D eigenvalue weighted by Gasteiger charge is 2.32. The summed E-state index contributed by atoms with van der Waals surface area (Å²) in [6.07, 6.45) is 4.03. The molecule has 0 saturated heterocycles. The van der Waals surface area contributed by atoms with Crippen molar-refractivity contribution in [1.82, 2.24) is 15.7 Å². The lowest BCUT2D eigenvalue weighted by atomic mass is 9.90. The van der Waals surface area contributed by atoms with Crippen molar-refractivity contribution in [3.8, 4) is 17.1 Å². The maximum Gasteiger partial charge on any atom is 0.309 e. The van der Waals surface area contributed by atoms with Crippen LogP contribution in [0.15, 0.2) is 65.1 Å². The lowest BCUT2D eigenvalue weighted by molar-refractivity contribution is -0.200. The van der Waals surface area contributed by atoms with Crippen LogP contribution in [0, 0.1) is 11.8 Å². The van der Waals surface area contributed by atoms with Crippen LogP contribution in [0.3, 0.4) is 0 Å². The molecule has 0 radical (unpaired) electrons. The Balaban J connectivity index is 1.70. The first-order valence-corrected chi connectivity index (χ1v) is 18.6. The predicted molar refractivity (Wildman–Crippen MR) is 202 cm³/mol. The molecule has 14 nitrogen and oxygen atoms in total. The molecule has 0 saturated carbocycles. The number of nitrogens with one attached hydrogen (secondary N) is 2. The third-order valence-corrected chi connectivity index (χ3v) is 9.05. The van der Waals surface area contributed by atoms with Crippen molar-refractivity contribution in [2.75, 3.05) is 27.5 Å². The van der Waals surface area contributed by atoms with Gasteiger partial charge in [0.15, 0.2) is 11.5 Å². The predicted octanol–water partition coefficient (Wildman–Crippen LogP) is 6.03. The zero-order valence-electron chi connectivity index (χ0n) is 32.3. The molecule has 298 valence electrons. The Bertz CT molecular complexity index is 1710. The number of furan rings is 1. The van der Waals surface area contributed by atoms with E-state index in [0.717, 1.165) is 24.8 Å². The number of carbonyl (C=O) groups is 6. The fraction of sp³-hybridized carbons (Fsp3) is 0.463. The van der Waals surface area contributed by atoms with Gasteiger partial charge in [-0.25, -0.2) is 5.06 Å². The van der Waals surface area contributed by atoms with Crippen LogP contribution >= 0.6 is 0 Å². The summed E-state index contributed by atoms with van der Waals surface area (Å²) in [6.45, 7) is 6.02. The minimum absolute atomic E-state index is 0.0418. The van der Waals surface area contributed by atoms with Gasteiger partial charge in [0.1, 0.15) is 18.1 Å². The van der Waals surface area contributed by atoms with Gasteiger partial charge in [-0.05, 0) is 62.1 Å². The molecule has 0 spiro atoms. The van der Waals surface area contributed by atoms with Crippen molar-refractivity contribution in [2.45, 2.75) is 84.8 Å². The van der Waals surface area contributed by atoms with Crippen molar-refractivity contribution in [3.05, 3.63) is 77.6 Å². The number of hydrogen-bond donors (Lipinski definition) is 2. The Labute approximate surface area is 322 Å². The quantitative estimate of drug-likeness (QED) is 0.0257. The summed E-state index contributed by atoms with van der Waals surface area (Å²) < 4.78 is 21.1. The van der Waals surface area contributed by atoms with E-state index >= 15 is 0 Å². The molecule has 0 aliphatic carbocycles. The first-order chi connectivity index (χ1) is 26.6. The second kappa shape index (κ2) is 23.3. The van der Waals surface area contributed by atoms with Crippen molar-refractivity contribution in [1.29, 1.82) is 0 Å². The van der Waals surface area contributed by atoms with E-state index in [1.807, 2.05) is 37.3 Å². The number of esters is 2. The van der Waals surface area contributed by atoms with Gasteiger partial charge in [0.25, 0.3) is 5.91 Å². The molecule has 2 aromatic carbocycles. The van der Waals surface area contributed by atoms with Gasteiger partial charge >= 0.3 is 11.9 Å². The van der Waals surface area contributed by atoms with Crippen LogP contribution in [0.5, 0.6) is 5.75 Å². The average Bonchev–Trinajstić information content (AvgIpc) is 3.71. The van der Waals surface area contributed by atoms with Gasteiger partial charge in [0, 0.05) is 24.0 Å². The van der Waals surface area contributed by atoms with Crippen molar-refractivity contribution < 1.29 is 52.2 Å². The number of methoxy groups -OCH3 is 2. The van der Waals surface area contributed by atoms with Crippen molar-refractivity contribution >= 4 is 35.9 Å². The third kappa shape index (κ3) is 13.7. The minimum Gasteiger partial charge on any atom is -0.494 e. The summed E-state index contributed by atoms with van der Waals surface area (Å²) in [6, 6.07) is 16.7. The first-order valence-electron chi connectivity index (χ1n) is 18.6. The van der Waals surface area contributed by atoms with Gasteiger partial charge in [0.2, 0.25) is 12.3 Å². The molecule has 3 atom stereocenters. The fourth-order valence-electron chi connectivity index (χ4n) is 6.08. The number of benzene rings is 2. The van der Waals surface area contributed by atoms with Crippen LogP contribution in [0.2, 0.25) is 0 Å². The van der Waals surface area contributed by atoms with E-state index in [1.165, 1.54) is 25.3 Å². The lowest BCUT2D eigenvalue weighted by Gasteiger charge is -2.32. The monoisotopic (exact) mass is 763 g/mol. The zero-order valence-corrected chi connectivity index (χ0v) is 32.3. The number of amides is 3. The van der Waals surface area contributed by atoms with Crippen LogP contribution in [0.1, 0.15) is 98.6 Å². The number of unbranched alkanes of at least 4 members (excludes halogenated alkanes) is 2. The number of hydrogen-bond acceptors (Lipinski definition) is 11. The molecule has 0 fully saturated rings. The SMILES string of the molecule is CCCCC[C@@H](C(=O)NCNC(=O)c1ccc(-c2cc(OCC)cc(C(=O)C[C@@H](CCC(=O)OC)C(=O)OC)c2)o1)[C@@H](CC)N(C=O)OCc1ccccc1. The molecule has 0 aliphatic heterocycles. The first kappa shape index (κ1) is 43.9. The number of Topliss-reactive ketones (excluding diaryl/α,β-unsaturated/α-hetero) is 1. The van der Waals surface area contributed by atoms with Crippen LogP contribution in [0.4, 0.5) is 0 Å². The average molecular weight is 764 g/mol. The molecule has 0 aliphatic rings. The molecule has 55 heavy (non-hydrogen) atoms. The van der Waals surface area contributed by atoms with E-state index in [1.54, 1.807) is 31.2 Å². The summed E-state index contributed by atoms with van der Waals surface area (Å²) in [4.78, 5) is 82.1. The van der Waals surface area contributed by atoms with Gasteiger partial charge < -0.3 is 29.3 Å². The normalized spacial score (nSPS) is 12.5. The van der Waals surface area contributed by atoms with E-state index in [0.29, 0.717) is 37.2 Å². The molecule has 1 heterocycles. The summed E-state index contributed by atoms with van der Waals surface area (Å²) in [5.41, 5.74) is 1.56. The number of nitrogens with zero attached hydrogens (tertiary/aromatic N) is 1. The number of ketones is 1. The second-order valence-electron chi connectivity index (χ2n) is 12.8. The third-order valence-electron chi connectivity index (χ3n) is 9.05. The molecular weight excluding hydrogens is 710 g/mol. The van der Waals surface area contributed by atoms with Gasteiger partial charge in [-0.1, -0.05) is 63.4 Å². The lowest BCUT2D eigenvalue weighted by Crippen LogP contribution is -2.48. The van der Waals surface area contributed by atoms with E-state index in [2.05, 4.69) is 22.3 Å². The Hall–Kier alpha value is -5.50. The Morgan fingerprint density at radius 2 is 1.65 bits per heavy atom. The molecule has 3 aromatic rings. The van der Waals surface area contributed by atoms with E-state index < -0.39 is 35.7 Å². The Morgan fingerprint density at radius 1 is 0.891 bits per heavy atom. The smallest absolute Gasteiger partial charge is 0.309 e. The topological polar surface area (TPSA) is 180 Å². The Morgan fingerprint density at radius 3 is 2.31 bits per heavy atom. The molecule has 3 rings (SSSR count). The number of rotatable bonds is 25. The highest BCUT2D eigenvalue weighted by Crippen LogP contribution is 2.30. The Kier molecular flexibility index (Phi) is 18.6. The zero-order chi connectivity index (χ0) is 40.2. The molecule has 0 bridgehead atoms. The van der Waals surface area contributed by atoms with E-state index in [9.17, 15) is 28.8 Å². The standard InChI is InChI=1S/C41H53N3O11/c1-6-9-11-16-33(34(7-2)44(27-45)54-25-28-14-12-10-13-15-28)39(48)42-26-43-40(49)37-19-18-36(55-37)31-21-30(22-32(23-31)53-8-3)35(46)24-29(41(50)52-5)17-20-38(47)51-4/h10,12-15,18-19,21-23,27,29,33-34H,6-9,11,16-17,20,24-26H2,1-5H3,(H,42,48)(H,43,49)/t29-,33-,34-/m1/s1. The number of carbonyl (C=O) groups excluding carboxylic acids is 6. The highest BCUT2D eigenvalue weighted by molar-refractivity contribution is 5.99. The number of ether oxygens (including phenoxy) is 3. The van der Waals surface area contributed by atoms with Gasteiger partial charge in [-0.15, -0.1) is 0 Å². The summed E-state index contributed by atoms with van der Waals surface area (Å²) >= 11 is 0. The molecular formula is C41H53N3O11. The molecule has 3 amide bonds. The summed E-state index contributed by atoms with van der Waals surface area (Å²) in [7, 11) is 2.45. The summed E-state index contributed by atoms with van der Waals surface area (Å²) in [5.74, 6) is -3.30. The van der Waals surface area contributed by atoms with Gasteiger partial charge in [0.05, 0.1) is 45.4 Å². The van der Waals surface area contributed by atoms with E-state index in [-0.39, 0.29) is 61.3 Å². The largest absolute Gasteiger partial charge is 0.494 e. The number of hydroxylamine groups is 2. The van der Waals surface area contributed by atoms with Crippen LogP contribution in [0.25, 0.3) is 11.3 Å².